The summed E-state index contributed by atoms with van der Waals surface area (Å²) < 4.78 is 70.5. The van der Waals surface area contributed by atoms with E-state index in [1.165, 1.54) is 19.9 Å². The van der Waals surface area contributed by atoms with Gasteiger partial charge in [0.05, 0.1) is 22.4 Å². The fraction of sp³-hybridized carbons (Fsp3) is 0.182. The van der Waals surface area contributed by atoms with Crippen LogP contribution in [0.25, 0.3) is 0 Å². The molecule has 0 aliphatic heterocycles. The summed E-state index contributed by atoms with van der Waals surface area (Å²) in [5.74, 6) is -3.30. The smallest absolute Gasteiger partial charge is 0.416 e. The first-order valence-electron chi connectivity index (χ1n) is 9.02. The van der Waals surface area contributed by atoms with Crippen LogP contribution in [0, 0.1) is 18.6 Å². The van der Waals surface area contributed by atoms with Crippen molar-refractivity contribution in [3.63, 3.8) is 0 Å². The second-order valence-electron chi connectivity index (χ2n) is 7.45. The summed E-state index contributed by atoms with van der Waals surface area (Å²) in [7, 11) is 0. The Balaban J connectivity index is 2.56. The molecule has 0 atom stereocenters. The van der Waals surface area contributed by atoms with Crippen molar-refractivity contribution in [2.45, 2.75) is 25.4 Å². The predicted molar refractivity (Wildman–Crippen MR) is 107 cm³/mol. The second-order valence-corrected chi connectivity index (χ2v) is 7.45. The molecule has 0 aliphatic carbocycles. The van der Waals surface area contributed by atoms with Crippen LogP contribution in [0.3, 0.4) is 0 Å². The molecule has 3 aromatic carbocycles. The number of hydrogen-bond acceptors (Lipinski definition) is 4. The van der Waals surface area contributed by atoms with Gasteiger partial charge in [0.1, 0.15) is 23.1 Å². The van der Waals surface area contributed by atoms with Gasteiger partial charge in [-0.1, -0.05) is 17.7 Å². The zero-order valence-electron chi connectivity index (χ0n) is 16.5. The number of rotatable bonds is 3. The lowest BCUT2D eigenvalue weighted by molar-refractivity contribution is -0.138. The summed E-state index contributed by atoms with van der Waals surface area (Å²) in [5, 5.41) is 21.2. The molecular weight excluding hydrogens is 419 g/mol. The highest BCUT2D eigenvalue weighted by molar-refractivity contribution is 5.69. The largest absolute Gasteiger partial charge is 0.505 e. The van der Waals surface area contributed by atoms with Gasteiger partial charge in [-0.2, -0.15) is 13.2 Å². The normalized spacial score (nSPS) is 12.2. The summed E-state index contributed by atoms with van der Waals surface area (Å²) in [6.45, 7) is 2.64. The van der Waals surface area contributed by atoms with Crippen LogP contribution in [0.2, 0.25) is 0 Å². The molecule has 3 aromatic rings. The summed E-state index contributed by atoms with van der Waals surface area (Å²) in [6, 6.07) is 6.52. The van der Waals surface area contributed by atoms with Gasteiger partial charge in [-0.15, -0.1) is 0 Å². The molecule has 0 amide bonds. The van der Waals surface area contributed by atoms with Crippen LogP contribution in [0.1, 0.15) is 34.7 Å². The maximum Gasteiger partial charge on any atom is 0.416 e. The molecule has 0 saturated carbocycles. The molecule has 0 radical (unpaired) electrons. The van der Waals surface area contributed by atoms with Crippen molar-refractivity contribution in [2.24, 2.45) is 0 Å². The van der Waals surface area contributed by atoms with Gasteiger partial charge in [-0.25, -0.2) is 8.78 Å². The molecule has 9 heteroatoms. The molecule has 3 rings (SSSR count). The quantitative estimate of drug-likeness (QED) is 0.195. The molecule has 6 N–H and O–H groups in total. The van der Waals surface area contributed by atoms with E-state index in [0.717, 1.165) is 36.4 Å². The second kappa shape index (κ2) is 7.33. The third-order valence-electron chi connectivity index (χ3n) is 5.30. The maximum absolute atomic E-state index is 14.3. The first-order valence-corrected chi connectivity index (χ1v) is 9.02. The number of nitrogen functional groups attached to an aromatic ring is 2. The van der Waals surface area contributed by atoms with Crippen LogP contribution in [-0.4, -0.2) is 10.2 Å². The lowest BCUT2D eigenvalue weighted by atomic mass is 9.68. The number of phenols is 2. The van der Waals surface area contributed by atoms with Gasteiger partial charge in [0.25, 0.3) is 0 Å². The zero-order valence-corrected chi connectivity index (χ0v) is 16.5. The van der Waals surface area contributed by atoms with E-state index in [4.69, 9.17) is 11.5 Å². The van der Waals surface area contributed by atoms with Gasteiger partial charge < -0.3 is 21.7 Å². The molecule has 0 fully saturated rings. The Morgan fingerprint density at radius 3 is 1.58 bits per heavy atom. The van der Waals surface area contributed by atoms with Gasteiger partial charge >= 0.3 is 6.18 Å². The first-order chi connectivity index (χ1) is 14.3. The van der Waals surface area contributed by atoms with Crippen LogP contribution in [0.4, 0.5) is 33.3 Å². The van der Waals surface area contributed by atoms with Crippen molar-refractivity contribution in [3.8, 4) is 11.5 Å². The molecule has 0 aromatic heterocycles. The van der Waals surface area contributed by atoms with Crippen LogP contribution >= 0.6 is 0 Å². The van der Waals surface area contributed by atoms with E-state index < -0.39 is 68.4 Å². The lowest BCUT2D eigenvalue weighted by Gasteiger charge is -2.35. The lowest BCUT2D eigenvalue weighted by Crippen LogP contribution is -2.30. The molecule has 0 bridgehead atoms. The van der Waals surface area contributed by atoms with Gasteiger partial charge in [0.2, 0.25) is 0 Å². The number of hydrogen-bond donors (Lipinski definition) is 4. The third kappa shape index (κ3) is 3.71. The summed E-state index contributed by atoms with van der Waals surface area (Å²) >= 11 is 0. The fourth-order valence-corrected chi connectivity index (χ4v) is 3.77. The Labute approximate surface area is 174 Å². The highest BCUT2D eigenvalue weighted by atomic mass is 19.4. The summed E-state index contributed by atoms with van der Waals surface area (Å²) in [5.41, 5.74) is 6.21. The van der Waals surface area contributed by atoms with E-state index in [2.05, 4.69) is 0 Å². The van der Waals surface area contributed by atoms with Gasteiger partial charge in [-0.3, -0.25) is 0 Å². The standard InChI is InChI=1S/C22H19F5N2O2/c1-10-3-4-13(14(5-10)22(25,26)27)21(2,15-6-11(23)8-17(28)19(15)30)16-7-12(24)9-18(29)20(16)31/h3-9,30-31H,28-29H2,1-2H3. The van der Waals surface area contributed by atoms with Crippen molar-refractivity contribution < 1.29 is 32.2 Å². The number of anilines is 2. The average molecular weight is 438 g/mol. The highest BCUT2D eigenvalue weighted by Gasteiger charge is 2.44. The number of benzene rings is 3. The highest BCUT2D eigenvalue weighted by Crippen LogP contribution is 2.51. The van der Waals surface area contributed by atoms with Gasteiger partial charge in [0, 0.05) is 23.3 Å². The number of alkyl halides is 3. The minimum absolute atomic E-state index is 0.282. The Hall–Kier alpha value is -3.49. The number of nitrogens with two attached hydrogens (primary N) is 2. The van der Waals surface area contributed by atoms with Crippen LogP contribution in [0.15, 0.2) is 42.5 Å². The van der Waals surface area contributed by atoms with Gasteiger partial charge in [0.15, 0.2) is 0 Å². The molecule has 0 heterocycles. The van der Waals surface area contributed by atoms with E-state index in [0.29, 0.717) is 0 Å². The van der Waals surface area contributed by atoms with Crippen molar-refractivity contribution >= 4 is 11.4 Å². The summed E-state index contributed by atoms with van der Waals surface area (Å²) in [4.78, 5) is 0. The third-order valence-corrected chi connectivity index (χ3v) is 5.30. The molecule has 164 valence electrons. The van der Waals surface area contributed by atoms with Crippen molar-refractivity contribution in [1.82, 2.24) is 0 Å². The van der Waals surface area contributed by atoms with Crippen molar-refractivity contribution in [1.29, 1.82) is 0 Å². The molecule has 0 aliphatic rings. The molecule has 0 spiro atoms. The van der Waals surface area contributed by atoms with Crippen LogP contribution in [-0.2, 0) is 11.6 Å². The minimum atomic E-state index is -4.86. The first kappa shape index (κ1) is 22.2. The molecule has 0 unspecified atom stereocenters. The number of aryl methyl sites for hydroxylation is 1. The Bertz CT molecular complexity index is 1120. The Kier molecular flexibility index (Phi) is 5.25. The van der Waals surface area contributed by atoms with E-state index in [1.807, 2.05) is 0 Å². The van der Waals surface area contributed by atoms with Gasteiger partial charge in [-0.05, 0) is 37.6 Å². The maximum atomic E-state index is 14.3. The van der Waals surface area contributed by atoms with Crippen molar-refractivity contribution in [3.05, 3.63) is 81.9 Å². The number of halogens is 5. The Morgan fingerprint density at radius 1 is 0.710 bits per heavy atom. The van der Waals surface area contributed by atoms with Crippen LogP contribution in [0.5, 0.6) is 11.5 Å². The van der Waals surface area contributed by atoms with Crippen LogP contribution < -0.4 is 11.5 Å². The molecule has 0 saturated heterocycles. The topological polar surface area (TPSA) is 92.5 Å². The molecular formula is C22H19F5N2O2. The minimum Gasteiger partial charge on any atom is -0.505 e. The monoisotopic (exact) mass is 438 g/mol. The van der Waals surface area contributed by atoms with Crippen molar-refractivity contribution in [2.75, 3.05) is 11.5 Å². The number of aromatic hydroxyl groups is 2. The SMILES string of the molecule is Cc1ccc(C(C)(c2cc(F)cc(N)c2O)c2cc(F)cc(N)c2O)c(C(F)(F)F)c1. The molecule has 4 nitrogen and oxygen atoms in total. The molecule has 31 heavy (non-hydrogen) atoms. The van der Waals surface area contributed by atoms with E-state index in [9.17, 15) is 32.2 Å². The van der Waals surface area contributed by atoms with E-state index >= 15 is 0 Å². The zero-order chi connectivity index (χ0) is 23.3. The predicted octanol–water partition coefficient (Wildman–Crippen LogP) is 5.22. The average Bonchev–Trinajstić information content (AvgIpc) is 2.66. The van der Waals surface area contributed by atoms with E-state index in [1.54, 1.807) is 0 Å². The Morgan fingerprint density at radius 2 is 1.16 bits per heavy atom. The fourth-order valence-electron chi connectivity index (χ4n) is 3.77. The number of phenolic OH excluding ortho intramolecular Hbond substituents is 2. The van der Waals surface area contributed by atoms with E-state index in [-0.39, 0.29) is 5.56 Å². The summed E-state index contributed by atoms with van der Waals surface area (Å²) in [6.07, 6.45) is -4.86.